The van der Waals surface area contributed by atoms with Gasteiger partial charge < -0.3 is 5.32 Å². The van der Waals surface area contributed by atoms with E-state index in [0.29, 0.717) is 6.54 Å². The molecule has 0 aromatic heterocycles. The van der Waals surface area contributed by atoms with Crippen LogP contribution in [0.15, 0.2) is 59.5 Å². The lowest BCUT2D eigenvalue weighted by atomic mass is 10.2. The van der Waals surface area contributed by atoms with E-state index in [0.717, 1.165) is 17.9 Å². The van der Waals surface area contributed by atoms with Crippen molar-refractivity contribution in [3.63, 3.8) is 0 Å². The fourth-order valence-corrected chi connectivity index (χ4v) is 2.60. The number of nitrogens with one attached hydrogen (secondary N) is 1. The van der Waals surface area contributed by atoms with Gasteiger partial charge in [-0.2, -0.15) is 0 Å². The molecule has 0 spiro atoms. The molecule has 0 unspecified atom stereocenters. The SMILES string of the molecule is O=[N+]([O-])c1cccc(CNCCSc2ccccc2)c1. The number of thioether (sulfide) groups is 1. The van der Waals surface area contributed by atoms with Crippen molar-refractivity contribution in [3.8, 4) is 0 Å². The Morgan fingerprint density at radius 3 is 2.65 bits per heavy atom. The lowest BCUT2D eigenvalue weighted by Gasteiger charge is -2.05. The molecule has 0 bridgehead atoms. The van der Waals surface area contributed by atoms with E-state index in [4.69, 9.17) is 0 Å². The number of nitro benzene ring substituents is 1. The van der Waals surface area contributed by atoms with Crippen LogP contribution in [-0.4, -0.2) is 17.2 Å². The van der Waals surface area contributed by atoms with Crippen LogP contribution >= 0.6 is 11.8 Å². The summed E-state index contributed by atoms with van der Waals surface area (Å²) >= 11 is 1.79. The van der Waals surface area contributed by atoms with E-state index in [1.807, 2.05) is 24.3 Å². The van der Waals surface area contributed by atoms with Crippen molar-refractivity contribution in [2.75, 3.05) is 12.3 Å². The number of nitro groups is 1. The summed E-state index contributed by atoms with van der Waals surface area (Å²) in [6.45, 7) is 1.51. The second-order valence-electron chi connectivity index (χ2n) is 4.27. The van der Waals surface area contributed by atoms with Crippen molar-refractivity contribution in [1.29, 1.82) is 0 Å². The Morgan fingerprint density at radius 2 is 1.90 bits per heavy atom. The minimum atomic E-state index is -0.366. The predicted octanol–water partition coefficient (Wildman–Crippen LogP) is 3.48. The number of nitrogens with zero attached hydrogens (tertiary/aromatic N) is 1. The quantitative estimate of drug-likeness (QED) is 0.367. The number of non-ortho nitro benzene ring substituents is 1. The molecule has 1 N–H and O–H groups in total. The van der Waals surface area contributed by atoms with E-state index < -0.39 is 0 Å². The normalized spacial score (nSPS) is 10.4. The van der Waals surface area contributed by atoms with E-state index in [2.05, 4.69) is 17.4 Å². The molecule has 2 rings (SSSR count). The number of rotatable bonds is 7. The maximum Gasteiger partial charge on any atom is 0.269 e. The van der Waals surface area contributed by atoms with Crippen LogP contribution in [0.1, 0.15) is 5.56 Å². The minimum absolute atomic E-state index is 0.142. The Balaban J connectivity index is 1.71. The Labute approximate surface area is 122 Å². The fraction of sp³-hybridized carbons (Fsp3) is 0.200. The van der Waals surface area contributed by atoms with Gasteiger partial charge in [0.15, 0.2) is 0 Å². The van der Waals surface area contributed by atoms with Gasteiger partial charge in [0, 0.05) is 35.9 Å². The molecule has 2 aromatic rings. The Kier molecular flexibility index (Phi) is 5.58. The molecule has 0 aliphatic carbocycles. The first-order chi connectivity index (χ1) is 9.75. The molecular formula is C15H16N2O2S. The van der Waals surface area contributed by atoms with Crippen molar-refractivity contribution in [2.24, 2.45) is 0 Å². The third-order valence-electron chi connectivity index (χ3n) is 2.74. The maximum atomic E-state index is 10.7. The minimum Gasteiger partial charge on any atom is -0.312 e. The summed E-state index contributed by atoms with van der Waals surface area (Å²) in [5.41, 5.74) is 1.08. The molecular weight excluding hydrogens is 272 g/mol. The van der Waals surface area contributed by atoms with Gasteiger partial charge in [-0.25, -0.2) is 0 Å². The van der Waals surface area contributed by atoms with Gasteiger partial charge in [0.25, 0.3) is 5.69 Å². The van der Waals surface area contributed by atoms with Gasteiger partial charge in [-0.15, -0.1) is 11.8 Å². The maximum absolute atomic E-state index is 10.7. The summed E-state index contributed by atoms with van der Waals surface area (Å²) in [5, 5.41) is 14.0. The third kappa shape index (κ3) is 4.68. The first-order valence-corrected chi connectivity index (χ1v) is 7.36. The lowest BCUT2D eigenvalue weighted by Crippen LogP contribution is -2.16. The molecule has 5 heteroatoms. The summed E-state index contributed by atoms with van der Waals surface area (Å²) in [7, 11) is 0. The first-order valence-electron chi connectivity index (χ1n) is 6.37. The van der Waals surface area contributed by atoms with Crippen molar-refractivity contribution in [3.05, 3.63) is 70.3 Å². The highest BCUT2D eigenvalue weighted by molar-refractivity contribution is 7.99. The highest BCUT2D eigenvalue weighted by atomic mass is 32.2. The van der Waals surface area contributed by atoms with Crippen molar-refractivity contribution in [2.45, 2.75) is 11.4 Å². The lowest BCUT2D eigenvalue weighted by molar-refractivity contribution is -0.384. The molecule has 0 saturated carbocycles. The van der Waals surface area contributed by atoms with Gasteiger partial charge in [0.1, 0.15) is 0 Å². The Morgan fingerprint density at radius 1 is 1.10 bits per heavy atom. The summed E-state index contributed by atoms with van der Waals surface area (Å²) in [6.07, 6.45) is 0. The Bertz CT molecular complexity index is 561. The van der Waals surface area contributed by atoms with E-state index in [1.54, 1.807) is 23.9 Å². The van der Waals surface area contributed by atoms with Gasteiger partial charge >= 0.3 is 0 Å². The molecule has 4 nitrogen and oxygen atoms in total. The molecule has 2 aromatic carbocycles. The van der Waals surface area contributed by atoms with Gasteiger partial charge in [-0.05, 0) is 17.7 Å². The van der Waals surface area contributed by atoms with Gasteiger partial charge in [0.05, 0.1) is 4.92 Å². The summed E-state index contributed by atoms with van der Waals surface area (Å²) < 4.78 is 0. The first kappa shape index (κ1) is 14.6. The molecule has 0 atom stereocenters. The summed E-state index contributed by atoms with van der Waals surface area (Å²) in [6, 6.07) is 17.0. The molecule has 20 heavy (non-hydrogen) atoms. The zero-order valence-corrected chi connectivity index (χ0v) is 11.8. The largest absolute Gasteiger partial charge is 0.312 e. The monoisotopic (exact) mass is 288 g/mol. The number of benzene rings is 2. The fourth-order valence-electron chi connectivity index (χ4n) is 1.77. The second kappa shape index (κ2) is 7.67. The Hall–Kier alpha value is -1.85. The number of hydrogen-bond acceptors (Lipinski definition) is 4. The van der Waals surface area contributed by atoms with Crippen LogP contribution in [-0.2, 0) is 6.54 Å². The zero-order chi connectivity index (χ0) is 14.2. The molecule has 0 radical (unpaired) electrons. The summed E-state index contributed by atoms with van der Waals surface area (Å²) in [4.78, 5) is 11.6. The topological polar surface area (TPSA) is 55.2 Å². The highest BCUT2D eigenvalue weighted by Gasteiger charge is 2.04. The highest BCUT2D eigenvalue weighted by Crippen LogP contribution is 2.16. The van der Waals surface area contributed by atoms with E-state index in [9.17, 15) is 10.1 Å². The smallest absolute Gasteiger partial charge is 0.269 e. The molecule has 0 fully saturated rings. The zero-order valence-electron chi connectivity index (χ0n) is 11.0. The van der Waals surface area contributed by atoms with Crippen LogP contribution < -0.4 is 5.32 Å². The van der Waals surface area contributed by atoms with Gasteiger partial charge in [-0.1, -0.05) is 30.3 Å². The molecule has 0 aliphatic heterocycles. The predicted molar refractivity (Wildman–Crippen MR) is 82.0 cm³/mol. The average Bonchev–Trinajstić information content (AvgIpc) is 2.48. The molecule has 104 valence electrons. The van der Waals surface area contributed by atoms with Crippen molar-refractivity contribution < 1.29 is 4.92 Å². The second-order valence-corrected chi connectivity index (χ2v) is 5.43. The summed E-state index contributed by atoms with van der Waals surface area (Å²) in [5.74, 6) is 0.971. The molecule has 0 saturated heterocycles. The van der Waals surface area contributed by atoms with Gasteiger partial charge in [0.2, 0.25) is 0 Å². The van der Waals surface area contributed by atoms with Crippen LogP contribution in [0.4, 0.5) is 5.69 Å². The standard InChI is InChI=1S/C15H16N2O2S/c18-17(19)14-6-4-5-13(11-14)12-16-9-10-20-15-7-2-1-3-8-15/h1-8,11,16H,9-10,12H2. The third-order valence-corrected chi connectivity index (χ3v) is 3.76. The van der Waals surface area contributed by atoms with Gasteiger partial charge in [-0.3, -0.25) is 10.1 Å². The average molecular weight is 288 g/mol. The molecule has 0 heterocycles. The van der Waals surface area contributed by atoms with E-state index in [1.165, 1.54) is 11.0 Å². The van der Waals surface area contributed by atoms with Crippen molar-refractivity contribution in [1.82, 2.24) is 5.32 Å². The van der Waals surface area contributed by atoms with Crippen molar-refractivity contribution >= 4 is 17.4 Å². The molecule has 0 amide bonds. The van der Waals surface area contributed by atoms with E-state index >= 15 is 0 Å². The van der Waals surface area contributed by atoms with Crippen LogP contribution in [0.3, 0.4) is 0 Å². The van der Waals surface area contributed by atoms with Crippen LogP contribution in [0.5, 0.6) is 0 Å². The van der Waals surface area contributed by atoms with Crippen LogP contribution in [0.2, 0.25) is 0 Å². The molecule has 0 aliphatic rings. The van der Waals surface area contributed by atoms with E-state index in [-0.39, 0.29) is 10.6 Å². The number of hydrogen-bond donors (Lipinski definition) is 1. The van der Waals surface area contributed by atoms with Crippen LogP contribution in [0, 0.1) is 10.1 Å². The van der Waals surface area contributed by atoms with Crippen LogP contribution in [0.25, 0.3) is 0 Å².